The molecule has 3 nitrogen and oxygen atoms in total. The third-order valence-corrected chi connectivity index (χ3v) is 30.2. The standard InChI is InChI=1S/C12H17O3S.3C4H9.Sn/c1-11(2)15-9-6-10-16(13,14)12-7-4-3-5-8-12;3*1-3-4-2;/h3-5,7-8,10-11H,6,9H2,1-2H3;3*1,3-4H2,2H3;. The van der Waals surface area contributed by atoms with Gasteiger partial charge in [0.2, 0.25) is 0 Å². The summed E-state index contributed by atoms with van der Waals surface area (Å²) in [5, 5.41) is 0. The summed E-state index contributed by atoms with van der Waals surface area (Å²) in [7, 11) is -3.33. The molecule has 1 atom stereocenters. The Kier molecular flexibility index (Phi) is 13.1. The van der Waals surface area contributed by atoms with E-state index >= 15 is 0 Å². The number of benzene rings is 1. The molecule has 0 saturated heterocycles. The zero-order valence-corrected chi connectivity index (χ0v) is 23.1. The molecule has 0 radical (unpaired) electrons. The first-order valence-electron chi connectivity index (χ1n) is 11.7. The Morgan fingerprint density at radius 1 is 0.862 bits per heavy atom. The minimum absolute atomic E-state index is 0.140. The fourth-order valence-corrected chi connectivity index (χ4v) is 31.6. The first-order valence-corrected chi connectivity index (χ1v) is 21.0. The van der Waals surface area contributed by atoms with Gasteiger partial charge in [0, 0.05) is 0 Å². The SMILES string of the molecule is CCC[CH2][Sn]([CH2]CCC)([CH2]CCC)[CH](CCOC(C)C)S(=O)(=O)c1ccccc1. The van der Waals surface area contributed by atoms with Crippen LogP contribution < -0.4 is 0 Å². The molecule has 1 rings (SSSR count). The van der Waals surface area contributed by atoms with E-state index < -0.39 is 28.2 Å². The number of ether oxygens (including phenoxy) is 1. The fraction of sp³-hybridized carbons (Fsp3) is 0.750. The first kappa shape index (κ1) is 27.0. The van der Waals surface area contributed by atoms with Crippen LogP contribution >= 0.6 is 0 Å². The fourth-order valence-electron chi connectivity index (χ4n) is 4.42. The first-order chi connectivity index (χ1) is 13.8. The summed E-state index contributed by atoms with van der Waals surface area (Å²) < 4.78 is 37.2. The van der Waals surface area contributed by atoms with Gasteiger partial charge in [-0.05, 0) is 0 Å². The second-order valence-corrected chi connectivity index (χ2v) is 26.1. The Labute approximate surface area is 184 Å². The summed E-state index contributed by atoms with van der Waals surface area (Å²) >= 11 is -3.01. The molecular formula is C24H44O3SSn. The molecule has 0 amide bonds. The summed E-state index contributed by atoms with van der Waals surface area (Å²) in [5.74, 6) is 0. The molecule has 0 fully saturated rings. The number of hydrogen-bond donors (Lipinski definition) is 0. The molecule has 29 heavy (non-hydrogen) atoms. The van der Waals surface area contributed by atoms with Gasteiger partial charge in [-0.25, -0.2) is 0 Å². The van der Waals surface area contributed by atoms with Gasteiger partial charge in [-0.2, -0.15) is 0 Å². The van der Waals surface area contributed by atoms with Crippen molar-refractivity contribution in [1.29, 1.82) is 0 Å². The predicted octanol–water partition coefficient (Wildman–Crippen LogP) is 7.03. The van der Waals surface area contributed by atoms with Crippen LogP contribution in [-0.2, 0) is 14.6 Å². The molecular weight excluding hydrogens is 487 g/mol. The van der Waals surface area contributed by atoms with E-state index in [-0.39, 0.29) is 9.37 Å². The number of rotatable bonds is 16. The molecule has 0 N–H and O–H groups in total. The predicted molar refractivity (Wildman–Crippen MR) is 128 cm³/mol. The van der Waals surface area contributed by atoms with Crippen molar-refractivity contribution in [3.63, 3.8) is 0 Å². The van der Waals surface area contributed by atoms with Gasteiger partial charge in [-0.1, -0.05) is 0 Å². The summed E-state index contributed by atoms with van der Waals surface area (Å²) in [5.41, 5.74) is 0. The molecule has 0 aliphatic carbocycles. The summed E-state index contributed by atoms with van der Waals surface area (Å²) in [4.78, 5) is 0.514. The van der Waals surface area contributed by atoms with Crippen LogP contribution in [0.3, 0.4) is 0 Å². The molecule has 0 spiro atoms. The second kappa shape index (κ2) is 14.1. The molecule has 168 valence electrons. The summed E-state index contributed by atoms with van der Waals surface area (Å²) in [6.07, 6.45) is 7.79. The number of sulfone groups is 1. The average Bonchev–Trinajstić information content (AvgIpc) is 2.71. The zero-order valence-electron chi connectivity index (χ0n) is 19.5. The van der Waals surface area contributed by atoms with Crippen molar-refractivity contribution in [3.05, 3.63) is 30.3 Å². The van der Waals surface area contributed by atoms with Crippen molar-refractivity contribution < 1.29 is 13.2 Å². The van der Waals surface area contributed by atoms with Gasteiger partial charge in [0.25, 0.3) is 0 Å². The van der Waals surface area contributed by atoms with E-state index in [2.05, 4.69) is 20.8 Å². The molecule has 0 aliphatic rings. The number of hydrogen-bond acceptors (Lipinski definition) is 3. The number of unbranched alkanes of at least 4 members (excludes halogenated alkanes) is 3. The van der Waals surface area contributed by atoms with E-state index in [9.17, 15) is 8.42 Å². The van der Waals surface area contributed by atoms with Gasteiger partial charge in [0.1, 0.15) is 0 Å². The van der Waals surface area contributed by atoms with Crippen LogP contribution in [0, 0.1) is 0 Å². The quantitative estimate of drug-likeness (QED) is 0.215. The molecule has 0 heterocycles. The van der Waals surface area contributed by atoms with Crippen molar-refractivity contribution in [2.75, 3.05) is 6.61 Å². The summed E-state index contributed by atoms with van der Waals surface area (Å²) in [6.45, 7) is 11.3. The van der Waals surface area contributed by atoms with E-state index in [1.165, 1.54) is 32.6 Å². The van der Waals surface area contributed by atoms with Gasteiger partial charge in [0.15, 0.2) is 0 Å². The molecule has 0 aliphatic heterocycles. The van der Waals surface area contributed by atoms with Gasteiger partial charge < -0.3 is 0 Å². The third kappa shape index (κ3) is 8.53. The normalized spacial score (nSPS) is 13.7. The Morgan fingerprint density at radius 3 is 1.76 bits per heavy atom. The van der Waals surface area contributed by atoms with Crippen LogP contribution in [0.25, 0.3) is 0 Å². The minimum atomic E-state index is -3.33. The van der Waals surface area contributed by atoms with Gasteiger partial charge >= 0.3 is 185 Å². The van der Waals surface area contributed by atoms with Crippen LogP contribution in [0.1, 0.15) is 79.6 Å². The van der Waals surface area contributed by atoms with Crippen molar-refractivity contribution >= 4 is 28.2 Å². The van der Waals surface area contributed by atoms with Crippen LogP contribution in [0.4, 0.5) is 0 Å². The molecule has 0 aromatic heterocycles. The van der Waals surface area contributed by atoms with Crippen LogP contribution in [0.5, 0.6) is 0 Å². The van der Waals surface area contributed by atoms with Crippen molar-refractivity contribution in [1.82, 2.24) is 0 Å². The second-order valence-electron chi connectivity index (χ2n) is 8.73. The Hall–Kier alpha value is -0.0713. The van der Waals surface area contributed by atoms with Crippen LogP contribution in [-0.4, -0.2) is 42.8 Å². The van der Waals surface area contributed by atoms with Crippen molar-refractivity contribution in [2.24, 2.45) is 0 Å². The monoisotopic (exact) mass is 532 g/mol. The molecule has 0 bridgehead atoms. The van der Waals surface area contributed by atoms with Crippen molar-refractivity contribution in [2.45, 2.75) is 107 Å². The Bertz CT molecular complexity index is 622. The van der Waals surface area contributed by atoms with Gasteiger partial charge in [-0.15, -0.1) is 0 Å². The van der Waals surface area contributed by atoms with Gasteiger partial charge in [0.05, 0.1) is 0 Å². The molecule has 1 aromatic carbocycles. The molecule has 5 heteroatoms. The maximum absolute atomic E-state index is 13.9. The van der Waals surface area contributed by atoms with Crippen LogP contribution in [0.15, 0.2) is 35.2 Å². The van der Waals surface area contributed by atoms with E-state index in [0.717, 1.165) is 19.3 Å². The topological polar surface area (TPSA) is 43.4 Å². The van der Waals surface area contributed by atoms with Gasteiger partial charge in [-0.3, -0.25) is 0 Å². The molecule has 0 saturated carbocycles. The Balaban J connectivity index is 3.42. The molecule has 1 unspecified atom stereocenters. The maximum atomic E-state index is 13.9. The Morgan fingerprint density at radius 2 is 1.34 bits per heavy atom. The van der Waals surface area contributed by atoms with Crippen LogP contribution in [0.2, 0.25) is 13.3 Å². The van der Waals surface area contributed by atoms with E-state index in [0.29, 0.717) is 17.9 Å². The van der Waals surface area contributed by atoms with E-state index in [1.54, 1.807) is 12.1 Å². The molecule has 1 aromatic rings. The average molecular weight is 531 g/mol. The van der Waals surface area contributed by atoms with E-state index in [4.69, 9.17) is 4.74 Å². The van der Waals surface area contributed by atoms with Crippen molar-refractivity contribution in [3.8, 4) is 0 Å². The zero-order chi connectivity index (χ0) is 21.8. The van der Waals surface area contributed by atoms with E-state index in [1.807, 2.05) is 32.0 Å². The summed E-state index contributed by atoms with van der Waals surface area (Å²) in [6, 6.07) is 9.20. The third-order valence-electron chi connectivity index (χ3n) is 6.05.